The molecule has 4 nitrogen and oxygen atoms in total. The fraction of sp³-hybridized carbons (Fsp3) is 0.562. The molecule has 2 saturated heterocycles. The number of amides is 1. The highest BCUT2D eigenvalue weighted by atomic mass is 16.2. The number of carbonyl (C=O) groups excluding carboxylic acids is 1. The molecule has 0 bridgehead atoms. The Labute approximate surface area is 120 Å². The Kier molecular flexibility index (Phi) is 3.76. The molecule has 108 valence electrons. The van der Waals surface area contributed by atoms with Gasteiger partial charge in [-0.2, -0.15) is 0 Å². The Morgan fingerprint density at radius 3 is 2.50 bits per heavy atom. The zero-order valence-electron chi connectivity index (χ0n) is 12.1. The maximum Gasteiger partial charge on any atom is 0.241 e. The van der Waals surface area contributed by atoms with Crippen molar-refractivity contribution >= 4 is 5.91 Å². The van der Waals surface area contributed by atoms with Crippen LogP contribution >= 0.6 is 0 Å². The van der Waals surface area contributed by atoms with Crippen molar-refractivity contribution in [3.8, 4) is 0 Å². The van der Waals surface area contributed by atoms with E-state index in [-0.39, 0.29) is 11.4 Å². The summed E-state index contributed by atoms with van der Waals surface area (Å²) in [6, 6.07) is 10.6. The third kappa shape index (κ3) is 2.45. The molecule has 2 heterocycles. The normalized spacial score (nSPS) is 23.1. The second-order valence-corrected chi connectivity index (χ2v) is 5.97. The maximum absolute atomic E-state index is 12.1. The van der Waals surface area contributed by atoms with Crippen molar-refractivity contribution in [1.29, 1.82) is 0 Å². The molecule has 0 unspecified atom stereocenters. The first kappa shape index (κ1) is 13.6. The average molecular weight is 273 g/mol. The molecule has 1 aromatic carbocycles. The topological polar surface area (TPSA) is 35.6 Å². The van der Waals surface area contributed by atoms with Gasteiger partial charge in [-0.25, -0.2) is 0 Å². The predicted octanol–water partition coefficient (Wildman–Crippen LogP) is 1.08. The lowest BCUT2D eigenvalue weighted by Crippen LogP contribution is -2.55. The minimum Gasteiger partial charge on any atom is -0.342 e. The van der Waals surface area contributed by atoms with Gasteiger partial charge in [-0.3, -0.25) is 9.69 Å². The van der Waals surface area contributed by atoms with Crippen LogP contribution in [0.2, 0.25) is 0 Å². The standard InChI is InChI=1S/C16H23N3O/c1-18-13-17-15(20)16(18)8-11-19(12-9-16)10-7-14-5-3-2-4-6-14/h2-6H,7-13H2,1H3,(H,17,20). The van der Waals surface area contributed by atoms with E-state index in [0.717, 1.165) is 38.9 Å². The van der Waals surface area contributed by atoms with E-state index in [4.69, 9.17) is 0 Å². The largest absolute Gasteiger partial charge is 0.342 e. The highest BCUT2D eigenvalue weighted by Gasteiger charge is 2.48. The zero-order chi connectivity index (χ0) is 14.0. The summed E-state index contributed by atoms with van der Waals surface area (Å²) in [4.78, 5) is 16.7. The second kappa shape index (κ2) is 5.54. The van der Waals surface area contributed by atoms with E-state index >= 15 is 0 Å². The van der Waals surface area contributed by atoms with Crippen molar-refractivity contribution < 1.29 is 4.79 Å². The van der Waals surface area contributed by atoms with E-state index in [1.165, 1.54) is 5.56 Å². The SMILES string of the molecule is CN1CNC(=O)C12CCN(CCc1ccccc1)CC2. The molecule has 2 aliphatic heterocycles. The van der Waals surface area contributed by atoms with Crippen LogP contribution in [0.4, 0.5) is 0 Å². The van der Waals surface area contributed by atoms with Crippen molar-refractivity contribution in [3.63, 3.8) is 0 Å². The fourth-order valence-electron chi connectivity index (χ4n) is 3.37. The Balaban J connectivity index is 1.53. The number of nitrogens with one attached hydrogen (secondary N) is 1. The van der Waals surface area contributed by atoms with Crippen LogP contribution in [0.15, 0.2) is 30.3 Å². The molecule has 1 amide bonds. The molecular formula is C16H23N3O. The van der Waals surface area contributed by atoms with Gasteiger partial charge >= 0.3 is 0 Å². The lowest BCUT2D eigenvalue weighted by molar-refractivity contribution is -0.128. The average Bonchev–Trinajstić information content (AvgIpc) is 2.76. The summed E-state index contributed by atoms with van der Waals surface area (Å²) in [6.07, 6.45) is 2.99. The smallest absolute Gasteiger partial charge is 0.241 e. The number of benzene rings is 1. The Hall–Kier alpha value is -1.39. The molecule has 0 atom stereocenters. The van der Waals surface area contributed by atoms with E-state index in [2.05, 4.69) is 52.5 Å². The number of carbonyl (C=O) groups is 1. The van der Waals surface area contributed by atoms with Gasteiger partial charge in [0.25, 0.3) is 0 Å². The molecular weight excluding hydrogens is 250 g/mol. The molecule has 2 fully saturated rings. The molecule has 4 heteroatoms. The summed E-state index contributed by atoms with van der Waals surface area (Å²) in [7, 11) is 2.05. The molecule has 3 rings (SSSR count). The van der Waals surface area contributed by atoms with Crippen LogP contribution in [-0.2, 0) is 11.2 Å². The van der Waals surface area contributed by atoms with Gasteiger partial charge in [0.2, 0.25) is 5.91 Å². The van der Waals surface area contributed by atoms with Crippen molar-refractivity contribution in [3.05, 3.63) is 35.9 Å². The summed E-state index contributed by atoms with van der Waals surface area (Å²) in [6.45, 7) is 3.82. The first-order valence-corrected chi connectivity index (χ1v) is 7.46. The number of likely N-dealkylation sites (tertiary alicyclic amines) is 1. The van der Waals surface area contributed by atoms with Crippen LogP contribution in [0.1, 0.15) is 18.4 Å². The van der Waals surface area contributed by atoms with E-state index < -0.39 is 0 Å². The number of hydrogen-bond donors (Lipinski definition) is 1. The highest BCUT2D eigenvalue weighted by Crippen LogP contribution is 2.30. The van der Waals surface area contributed by atoms with Gasteiger partial charge in [-0.1, -0.05) is 30.3 Å². The van der Waals surface area contributed by atoms with Gasteiger partial charge in [0, 0.05) is 19.6 Å². The second-order valence-electron chi connectivity index (χ2n) is 5.97. The number of hydrogen-bond acceptors (Lipinski definition) is 3. The predicted molar refractivity (Wildman–Crippen MR) is 79.3 cm³/mol. The molecule has 1 N–H and O–H groups in total. The van der Waals surface area contributed by atoms with Crippen LogP contribution in [-0.4, -0.2) is 54.6 Å². The quantitative estimate of drug-likeness (QED) is 0.895. The monoisotopic (exact) mass is 273 g/mol. The third-order valence-electron chi connectivity index (χ3n) is 4.87. The van der Waals surface area contributed by atoms with Crippen molar-refractivity contribution in [2.45, 2.75) is 24.8 Å². The van der Waals surface area contributed by atoms with E-state index in [0.29, 0.717) is 6.67 Å². The molecule has 2 aliphatic rings. The first-order valence-electron chi connectivity index (χ1n) is 7.46. The number of rotatable bonds is 3. The molecule has 0 radical (unpaired) electrons. The maximum atomic E-state index is 12.1. The molecule has 0 aliphatic carbocycles. The Morgan fingerprint density at radius 1 is 1.20 bits per heavy atom. The summed E-state index contributed by atoms with van der Waals surface area (Å²) >= 11 is 0. The minimum atomic E-state index is -0.233. The third-order valence-corrected chi connectivity index (χ3v) is 4.87. The molecule has 20 heavy (non-hydrogen) atoms. The molecule has 0 saturated carbocycles. The summed E-state index contributed by atoms with van der Waals surface area (Å²) < 4.78 is 0. The number of nitrogens with zero attached hydrogens (tertiary/aromatic N) is 2. The Bertz CT molecular complexity index is 466. The number of piperidine rings is 1. The fourth-order valence-corrected chi connectivity index (χ4v) is 3.37. The van der Waals surface area contributed by atoms with Crippen molar-refractivity contribution in [1.82, 2.24) is 15.1 Å². The molecule has 0 aromatic heterocycles. The van der Waals surface area contributed by atoms with Crippen molar-refractivity contribution in [2.24, 2.45) is 0 Å². The lowest BCUT2D eigenvalue weighted by atomic mass is 9.86. The van der Waals surface area contributed by atoms with Crippen LogP contribution in [0, 0.1) is 0 Å². The number of likely N-dealkylation sites (N-methyl/N-ethyl adjacent to an activating group) is 1. The van der Waals surface area contributed by atoms with Gasteiger partial charge in [0.05, 0.1) is 6.67 Å². The first-order chi connectivity index (χ1) is 9.71. The van der Waals surface area contributed by atoms with Gasteiger partial charge in [-0.05, 0) is 31.9 Å². The van der Waals surface area contributed by atoms with Gasteiger partial charge in [-0.15, -0.1) is 0 Å². The summed E-state index contributed by atoms with van der Waals surface area (Å²) in [5.41, 5.74) is 1.16. The molecule has 1 aromatic rings. The van der Waals surface area contributed by atoms with Crippen LogP contribution in [0.3, 0.4) is 0 Å². The van der Waals surface area contributed by atoms with Gasteiger partial charge in [0.15, 0.2) is 0 Å². The van der Waals surface area contributed by atoms with Crippen LogP contribution in [0.25, 0.3) is 0 Å². The van der Waals surface area contributed by atoms with Gasteiger partial charge < -0.3 is 10.2 Å². The lowest BCUT2D eigenvalue weighted by Gasteiger charge is -2.41. The van der Waals surface area contributed by atoms with E-state index in [1.807, 2.05) is 0 Å². The minimum absolute atomic E-state index is 0.225. The highest BCUT2D eigenvalue weighted by molar-refractivity contribution is 5.88. The van der Waals surface area contributed by atoms with E-state index in [1.54, 1.807) is 0 Å². The van der Waals surface area contributed by atoms with E-state index in [9.17, 15) is 4.79 Å². The molecule has 1 spiro atoms. The Morgan fingerprint density at radius 2 is 1.90 bits per heavy atom. The van der Waals surface area contributed by atoms with Crippen LogP contribution < -0.4 is 5.32 Å². The van der Waals surface area contributed by atoms with Crippen molar-refractivity contribution in [2.75, 3.05) is 33.4 Å². The summed E-state index contributed by atoms with van der Waals surface area (Å²) in [5, 5.41) is 2.97. The van der Waals surface area contributed by atoms with Gasteiger partial charge in [0.1, 0.15) is 5.54 Å². The zero-order valence-corrected chi connectivity index (χ0v) is 12.1. The van der Waals surface area contributed by atoms with Crippen LogP contribution in [0.5, 0.6) is 0 Å². The summed E-state index contributed by atoms with van der Waals surface area (Å²) in [5.74, 6) is 0.225.